The van der Waals surface area contributed by atoms with Gasteiger partial charge in [0.15, 0.2) is 0 Å². The van der Waals surface area contributed by atoms with Crippen LogP contribution in [0.15, 0.2) is 52.3 Å². The lowest BCUT2D eigenvalue weighted by molar-refractivity contribution is -0.141. The molecular weight excluding hydrogens is 605 g/mol. The highest BCUT2D eigenvalue weighted by Crippen LogP contribution is 2.44. The number of ether oxygens (including phenoxy) is 2. The smallest absolute Gasteiger partial charge is 0.406 e. The van der Waals surface area contributed by atoms with Crippen molar-refractivity contribution in [2.24, 2.45) is 0 Å². The molecule has 43 heavy (non-hydrogen) atoms. The van der Waals surface area contributed by atoms with E-state index in [1.807, 2.05) is 25.1 Å². The number of fused-ring (bicyclic) bond motifs is 3. The number of nitrogens with zero attached hydrogens (tertiary/aromatic N) is 4. The van der Waals surface area contributed by atoms with E-state index in [-0.39, 0.29) is 12.6 Å². The van der Waals surface area contributed by atoms with E-state index < -0.39 is 24.0 Å². The highest BCUT2D eigenvalue weighted by atomic mass is 35.5. The van der Waals surface area contributed by atoms with Gasteiger partial charge in [-0.25, -0.2) is 4.79 Å². The minimum Gasteiger partial charge on any atom is -0.489 e. The number of alkyl halides is 3. The molecule has 0 radical (unpaired) electrons. The predicted molar refractivity (Wildman–Crippen MR) is 157 cm³/mol. The van der Waals surface area contributed by atoms with Crippen LogP contribution in [-0.4, -0.2) is 62.6 Å². The number of aryl methyl sites for hydroxylation is 1. The second kappa shape index (κ2) is 10.8. The summed E-state index contributed by atoms with van der Waals surface area (Å²) in [5, 5.41) is 0.558. The van der Waals surface area contributed by atoms with Crippen molar-refractivity contribution in [3.63, 3.8) is 0 Å². The van der Waals surface area contributed by atoms with Crippen molar-refractivity contribution < 1.29 is 22.6 Å². The van der Waals surface area contributed by atoms with Crippen LogP contribution < -0.4 is 16.0 Å². The molecule has 7 rings (SSSR count). The number of pyridine rings is 1. The summed E-state index contributed by atoms with van der Waals surface area (Å²) in [7, 11) is 0. The molecule has 3 aliphatic rings. The van der Waals surface area contributed by atoms with Crippen LogP contribution in [-0.2, 0) is 17.8 Å². The molecule has 2 saturated heterocycles. The van der Waals surface area contributed by atoms with Gasteiger partial charge in [-0.2, -0.15) is 13.2 Å². The van der Waals surface area contributed by atoms with Gasteiger partial charge in [0.1, 0.15) is 18.4 Å². The van der Waals surface area contributed by atoms with Crippen molar-refractivity contribution in [1.82, 2.24) is 19.0 Å². The van der Waals surface area contributed by atoms with Crippen LogP contribution in [0.5, 0.6) is 5.75 Å². The first-order valence-electron chi connectivity index (χ1n) is 14.1. The lowest BCUT2D eigenvalue weighted by atomic mass is 9.87. The molecule has 8 nitrogen and oxygen atoms in total. The lowest BCUT2D eigenvalue weighted by Gasteiger charge is -2.44. The molecule has 1 aromatic carbocycles. The van der Waals surface area contributed by atoms with Gasteiger partial charge in [-0.05, 0) is 43.2 Å². The van der Waals surface area contributed by atoms with Crippen molar-refractivity contribution in [3.8, 4) is 16.9 Å². The monoisotopic (exact) mass is 632 g/mol. The third-order valence-electron chi connectivity index (χ3n) is 8.56. The SMILES string of the molecule is Cc1cc(Cl)cc(-c2ccnc3cc(Cn4c(=O)ccn(CC(F)(F)F)c4=O)sc23)c1OC1CC(N2C[C@@H]3C[C@H]2CO3)C1. The summed E-state index contributed by atoms with van der Waals surface area (Å²) in [6, 6.07) is 9.34. The Hall–Kier alpha value is -3.19. The predicted octanol–water partition coefficient (Wildman–Crippen LogP) is 5.24. The number of benzene rings is 1. The van der Waals surface area contributed by atoms with Crippen molar-refractivity contribution in [2.75, 3.05) is 13.2 Å². The van der Waals surface area contributed by atoms with Crippen LogP contribution in [0.1, 0.15) is 29.7 Å². The second-order valence-corrected chi connectivity index (χ2v) is 13.1. The van der Waals surface area contributed by atoms with E-state index in [1.165, 1.54) is 11.3 Å². The highest BCUT2D eigenvalue weighted by Gasteiger charge is 2.46. The fourth-order valence-corrected chi connectivity index (χ4v) is 7.89. The molecule has 5 heterocycles. The van der Waals surface area contributed by atoms with E-state index in [1.54, 1.807) is 12.3 Å². The van der Waals surface area contributed by atoms with E-state index in [0.29, 0.717) is 38.2 Å². The Morgan fingerprint density at radius 3 is 2.65 bits per heavy atom. The average molecular weight is 633 g/mol. The molecule has 1 saturated carbocycles. The van der Waals surface area contributed by atoms with E-state index >= 15 is 0 Å². The zero-order valence-electron chi connectivity index (χ0n) is 23.1. The average Bonchev–Trinajstić information content (AvgIpc) is 3.65. The summed E-state index contributed by atoms with van der Waals surface area (Å²) >= 11 is 7.84. The summed E-state index contributed by atoms with van der Waals surface area (Å²) in [5.74, 6) is 0.746. The van der Waals surface area contributed by atoms with Gasteiger partial charge in [0.05, 0.1) is 29.5 Å². The molecule has 0 amide bonds. The molecule has 1 aliphatic carbocycles. The largest absolute Gasteiger partial charge is 0.489 e. The number of likely N-dealkylation sites (tertiary alicyclic amines) is 1. The highest BCUT2D eigenvalue weighted by molar-refractivity contribution is 7.19. The molecule has 0 N–H and O–H groups in total. The first kappa shape index (κ1) is 28.6. The van der Waals surface area contributed by atoms with Gasteiger partial charge in [0.2, 0.25) is 0 Å². The molecular formula is C30H28ClF3N4O4S. The van der Waals surface area contributed by atoms with Crippen molar-refractivity contribution >= 4 is 33.2 Å². The first-order valence-corrected chi connectivity index (χ1v) is 15.3. The quantitative estimate of drug-likeness (QED) is 0.277. The molecule has 2 bridgehead atoms. The number of hydrogen-bond donors (Lipinski definition) is 0. The zero-order valence-corrected chi connectivity index (χ0v) is 24.7. The number of aromatic nitrogens is 3. The standard InChI is InChI=1S/C30H28ClF3N4O4S/c1-16-6-17(31)7-24(27(16)42-20-8-18(9-20)37-12-21-10-19(37)14-41-21)23-2-4-35-25-11-22(43-28(23)25)13-38-26(39)3-5-36(29(38)40)15-30(32,33)34/h2-7,11,18-21H,8-10,12-15H2,1H3/t18?,19-,20?,21-/m0/s1. The number of rotatable bonds is 7. The van der Waals surface area contributed by atoms with Crippen molar-refractivity contribution in [2.45, 2.75) is 69.7 Å². The maximum absolute atomic E-state index is 13.0. The Balaban J connectivity index is 1.17. The maximum atomic E-state index is 13.0. The van der Waals surface area contributed by atoms with Gasteiger partial charge in [-0.1, -0.05) is 11.6 Å². The molecule has 0 spiro atoms. The normalized spacial score (nSPS) is 23.7. The van der Waals surface area contributed by atoms with Gasteiger partial charge in [-0.3, -0.25) is 23.8 Å². The first-order chi connectivity index (χ1) is 20.5. The third kappa shape index (κ3) is 5.50. The van der Waals surface area contributed by atoms with Crippen LogP contribution >= 0.6 is 22.9 Å². The fraction of sp³-hybridized carbons (Fsp3) is 0.433. The van der Waals surface area contributed by atoms with Crippen molar-refractivity contribution in [3.05, 3.63) is 79.0 Å². The molecule has 0 unspecified atom stereocenters. The fourth-order valence-electron chi connectivity index (χ4n) is 6.48. The summed E-state index contributed by atoms with van der Waals surface area (Å²) in [5.41, 5.74) is 1.49. The molecule has 3 aromatic heterocycles. The van der Waals surface area contributed by atoms with Crippen LogP contribution in [0.3, 0.4) is 0 Å². The van der Waals surface area contributed by atoms with Crippen LogP contribution in [0.2, 0.25) is 5.02 Å². The van der Waals surface area contributed by atoms with Gasteiger partial charge >= 0.3 is 11.9 Å². The molecule has 4 aromatic rings. The van der Waals surface area contributed by atoms with E-state index in [2.05, 4.69) is 9.88 Å². The molecule has 2 aliphatic heterocycles. The summed E-state index contributed by atoms with van der Waals surface area (Å²) < 4.78 is 53.3. The topological polar surface area (TPSA) is 78.6 Å². The second-order valence-electron chi connectivity index (χ2n) is 11.6. The van der Waals surface area contributed by atoms with Gasteiger partial charge in [0, 0.05) is 71.0 Å². The van der Waals surface area contributed by atoms with Gasteiger partial charge < -0.3 is 9.47 Å². The number of hydrogen-bond acceptors (Lipinski definition) is 7. The van der Waals surface area contributed by atoms with Crippen LogP contribution in [0.25, 0.3) is 21.3 Å². The Morgan fingerprint density at radius 2 is 1.93 bits per heavy atom. The molecule has 13 heteroatoms. The Labute approximate surface area is 253 Å². The van der Waals surface area contributed by atoms with Gasteiger partial charge in [-0.15, -0.1) is 11.3 Å². The van der Waals surface area contributed by atoms with E-state index in [9.17, 15) is 22.8 Å². The van der Waals surface area contributed by atoms with E-state index in [4.69, 9.17) is 21.1 Å². The molecule has 226 valence electrons. The van der Waals surface area contributed by atoms with Crippen LogP contribution in [0.4, 0.5) is 13.2 Å². The Kier molecular flexibility index (Phi) is 7.15. The van der Waals surface area contributed by atoms with Crippen molar-refractivity contribution in [1.29, 1.82) is 0 Å². The number of halogens is 4. The maximum Gasteiger partial charge on any atom is 0.406 e. The Bertz CT molecular complexity index is 1830. The minimum absolute atomic E-state index is 0.0729. The lowest BCUT2D eigenvalue weighted by Crippen LogP contribution is -2.53. The Morgan fingerprint density at radius 1 is 1.12 bits per heavy atom. The third-order valence-corrected chi connectivity index (χ3v) is 9.92. The zero-order chi connectivity index (χ0) is 30.0. The number of thiophene rings is 1. The number of morpholine rings is 1. The van der Waals surface area contributed by atoms with E-state index in [0.717, 1.165) is 76.4 Å². The summed E-state index contributed by atoms with van der Waals surface area (Å²) in [6.45, 7) is 2.12. The summed E-state index contributed by atoms with van der Waals surface area (Å²) in [6.07, 6.45) is 1.38. The molecule has 3 fully saturated rings. The van der Waals surface area contributed by atoms with Gasteiger partial charge in [0.25, 0.3) is 5.56 Å². The summed E-state index contributed by atoms with van der Waals surface area (Å²) in [4.78, 5) is 32.9. The minimum atomic E-state index is -4.60. The van der Waals surface area contributed by atoms with Crippen LogP contribution in [0, 0.1) is 6.92 Å². The molecule has 2 atom stereocenters.